The number of rotatable bonds is 24. The molecule has 2 aliphatic heterocycles. The zero-order chi connectivity index (χ0) is 91.0. The third-order valence-corrected chi connectivity index (χ3v) is 19.3. The number of aromatic carboxylic acids is 1. The first-order valence-electron chi connectivity index (χ1n) is 41.8. The van der Waals surface area contributed by atoms with Crippen LogP contribution in [0.5, 0.6) is 17.6 Å². The maximum Gasteiger partial charge on any atom is 0.337 e. The minimum atomic E-state index is -1.04. The van der Waals surface area contributed by atoms with Gasteiger partial charge in [0.25, 0.3) is 11.8 Å². The number of aryl methyl sites for hydroxylation is 3. The van der Waals surface area contributed by atoms with Crippen LogP contribution in [-0.4, -0.2) is 173 Å². The van der Waals surface area contributed by atoms with Crippen LogP contribution in [0.3, 0.4) is 0 Å². The molecule has 17 heterocycles. The number of carboxylic acid groups (broad SMARTS) is 1. The van der Waals surface area contributed by atoms with Gasteiger partial charge in [0.1, 0.15) is 39.6 Å². The highest BCUT2D eigenvalue weighted by Gasteiger charge is 2.26. The second-order valence-corrected chi connectivity index (χ2v) is 28.2. The van der Waals surface area contributed by atoms with Crippen molar-refractivity contribution >= 4 is 96.5 Å². The van der Waals surface area contributed by atoms with E-state index in [-0.39, 0.29) is 83.4 Å². The molecule has 644 valence electrons. The number of hydrogen-bond donors (Lipinski definition) is 5. The Labute approximate surface area is 722 Å². The molecule has 2 saturated heterocycles. The number of halogens is 1. The van der Waals surface area contributed by atoms with Crippen LogP contribution in [0, 0.1) is 0 Å². The first kappa shape index (κ1) is 79.3. The summed E-state index contributed by atoms with van der Waals surface area (Å²) < 4.78 is 96.6. The first-order chi connectivity index (χ1) is 63.6. The lowest BCUT2D eigenvalue weighted by molar-refractivity contribution is -0.171. The van der Waals surface area contributed by atoms with E-state index in [2.05, 4.69) is 97.1 Å². The molecule has 3 aromatic carbocycles. The number of carboxylic acids is 1. The zero-order valence-electron chi connectivity index (χ0n) is 72.8. The molecule has 0 bridgehead atoms. The summed E-state index contributed by atoms with van der Waals surface area (Å²) in [5.74, 6) is 1.95. The van der Waals surface area contributed by atoms with Gasteiger partial charge in [-0.3, -0.25) is 38.6 Å². The standard InChI is InChI=1S/C29H27N9O5.C25H22N6O6.C24H19N9O4.C4H7N3.ClH.4H2/c1-37-15-20(14-31-37)32-28(39)18-9-10-19(30-13-18)16-42-29-23-7-3-2-6-22(23)26-33-34-27(38(26)35-29)24-12-21(43-36-24)17-41-25-8-4-5-11-40-25;32-25(33)15-8-9-16(26-12-15)13-36-24-19-6-2-1-5-18(19)22-27-28-23(31(22)29-24)20-11-17(37-30-20)14-35-21-7-3-4-10-34-21;1-32-11-16(10-26-32)27-23(35)14-6-7-15(25-9-14)13-36-24-19-5-3-2-4-18(19)21-28-29-22(33(21)30-24)20-8-17(12-34)37-31-20;1-7-3-4(5)2-6-7;;;;;/h2-3,6-7,9-10,12-15,25H,4-5,8,11,16-17H2,1H3,(H,32,39);1-2,5-6,8-9,11-12,21H,3-4,7,10,13-14H2,(H,32,33);2-11,34H,12-13H2,1H3,(H,27,35);2-3H,5H2,1H3;5*1H/i;;;;;3*1+1D;1+1. The molecule has 43 heteroatoms. The van der Waals surface area contributed by atoms with Gasteiger partial charge in [-0.2, -0.15) is 28.8 Å². The molecule has 6 N–H and O–H groups in total. The van der Waals surface area contributed by atoms with Crippen LogP contribution in [0.15, 0.2) is 197 Å². The SMILES string of the molecule is Cl.Cn1cc(N)cn1.Cn1cc(NC(=O)c2ccc(COc3nn4c(-c5cc(CO)on5)nnc4c4ccccc34)nc2)cn1.Cn1cc(NC(=O)c2ccc(COc3nn4c(-c5cc(COC6CCCCO6)on5)nnc4c4ccccc34)nc2)cn1.O=C(O)c1ccc(COc2nn3c(-c4cc(COC5CCCCO5)on4)nnc3c3ccccc23)nc1.[2HH].[2H][2H].[2H][2H].[2H][2H]. The highest BCUT2D eigenvalue weighted by molar-refractivity contribution is 6.05. The average Bonchev–Trinajstić information content (AvgIpc) is 1.55. The predicted molar refractivity (Wildman–Crippen MR) is 452 cm³/mol. The fourth-order valence-corrected chi connectivity index (χ4v) is 13.1. The Morgan fingerprint density at radius 3 is 1.14 bits per heavy atom. The molecule has 2 fully saturated rings. The molecule has 2 unspecified atom stereocenters. The number of carbonyl (C=O) groups is 3. The number of pyridine rings is 3. The second kappa shape index (κ2) is 38.1. The van der Waals surface area contributed by atoms with Crippen LogP contribution >= 0.6 is 12.4 Å². The maximum atomic E-state index is 12.6. The summed E-state index contributed by atoms with van der Waals surface area (Å²) in [6.07, 6.45) is 19.7. The van der Waals surface area contributed by atoms with E-state index in [1.54, 1.807) is 123 Å². The first-order valence-corrected chi connectivity index (χ1v) is 38.8. The summed E-state index contributed by atoms with van der Waals surface area (Å²) in [4.78, 5) is 49.0. The van der Waals surface area contributed by atoms with Gasteiger partial charge >= 0.3 is 5.97 Å². The third kappa shape index (κ3) is 19.5. The molecule has 2 amide bonds. The van der Waals surface area contributed by atoms with Gasteiger partial charge in [0.15, 0.2) is 63.9 Å². The van der Waals surface area contributed by atoms with Crippen LogP contribution in [0.4, 0.5) is 17.1 Å². The van der Waals surface area contributed by atoms with E-state index in [4.69, 9.17) is 71.6 Å². The van der Waals surface area contributed by atoms with Crippen molar-refractivity contribution in [1.82, 2.24) is 119 Å². The van der Waals surface area contributed by atoms with Crippen molar-refractivity contribution in [2.45, 2.75) is 90.7 Å². The second-order valence-electron chi connectivity index (χ2n) is 28.2. The number of aromatic nitrogens is 24. The fourth-order valence-electron chi connectivity index (χ4n) is 13.1. The summed E-state index contributed by atoms with van der Waals surface area (Å²) >= 11 is 0. The third-order valence-electron chi connectivity index (χ3n) is 19.3. The number of ether oxygens (including phenoxy) is 7. The highest BCUT2D eigenvalue weighted by atomic mass is 35.5. The van der Waals surface area contributed by atoms with Gasteiger partial charge in [-0.25, -0.2) is 4.79 Å². The van der Waals surface area contributed by atoms with Gasteiger partial charge in [0.2, 0.25) is 35.1 Å². The van der Waals surface area contributed by atoms with Crippen molar-refractivity contribution in [3.63, 3.8) is 0 Å². The van der Waals surface area contributed by atoms with Gasteiger partial charge < -0.3 is 73.3 Å². The number of aliphatic hydroxyl groups excluding tert-OH is 1. The van der Waals surface area contributed by atoms with Crippen molar-refractivity contribution in [2.75, 3.05) is 29.6 Å². The molecule has 0 spiro atoms. The van der Waals surface area contributed by atoms with Crippen LogP contribution in [-0.2, 0) is 79.7 Å². The van der Waals surface area contributed by atoms with Crippen molar-refractivity contribution in [1.29, 1.82) is 0 Å². The van der Waals surface area contributed by atoms with Crippen LogP contribution in [0.2, 0.25) is 0 Å². The minimum absolute atomic E-state index is 0. The molecule has 18 aromatic rings. The number of amides is 2. The number of fused-ring (bicyclic) bond motifs is 9. The topological polar surface area (TPSA) is 506 Å². The molecular formula is C82H84ClN27O15. The summed E-state index contributed by atoms with van der Waals surface area (Å²) in [5.41, 5.74) is 12.8. The number of nitrogen functional groups attached to an aromatic ring is 1. The number of nitrogens with one attached hydrogen (secondary N) is 2. The number of nitrogens with zero attached hydrogens (tertiary/aromatic N) is 24. The van der Waals surface area contributed by atoms with Gasteiger partial charge in [-0.05, 0) is 93.1 Å². The lowest BCUT2D eigenvalue weighted by Gasteiger charge is -2.21. The number of aliphatic hydroxyl groups is 1. The van der Waals surface area contributed by atoms with Crippen molar-refractivity contribution < 1.29 is 81.7 Å². The Morgan fingerprint density at radius 2 is 0.832 bits per heavy atom. The Hall–Kier alpha value is -15.5. The molecule has 2 atom stereocenters. The number of anilines is 3. The number of hydrogen-bond acceptors (Lipinski definition) is 33. The normalized spacial score (nSPS) is 14.0. The van der Waals surface area contributed by atoms with Gasteiger partial charge in [0, 0.05) is 132 Å². The molecule has 125 heavy (non-hydrogen) atoms. The van der Waals surface area contributed by atoms with E-state index in [1.165, 1.54) is 29.2 Å². The van der Waals surface area contributed by atoms with Crippen molar-refractivity contribution in [2.24, 2.45) is 21.1 Å². The van der Waals surface area contributed by atoms with Crippen LogP contribution in [0.25, 0.3) is 83.8 Å². The Bertz CT molecular complexity index is 6810. The van der Waals surface area contributed by atoms with Gasteiger partial charge in [0.05, 0.1) is 69.4 Å². The molecule has 0 aliphatic carbocycles. The Balaban J connectivity index is 0.000000167. The largest absolute Gasteiger partial charge is 0.478 e. The zero-order valence-corrected chi connectivity index (χ0v) is 67.6. The molecule has 0 radical (unpaired) electrons. The molecule has 20 rings (SSSR count). The summed E-state index contributed by atoms with van der Waals surface area (Å²) in [5, 5.41) is 92.5. The summed E-state index contributed by atoms with van der Waals surface area (Å²) in [6.45, 7) is 1.91. The van der Waals surface area contributed by atoms with Crippen molar-refractivity contribution in [3.05, 3.63) is 234 Å². The quantitative estimate of drug-likeness (QED) is 0.0375. The van der Waals surface area contributed by atoms with Gasteiger partial charge in [-0.1, -0.05) is 70.1 Å². The molecular weight excluding hydrogens is 1640 g/mol. The molecule has 42 nitrogen and oxygen atoms in total. The molecule has 15 aromatic heterocycles. The lowest BCUT2D eigenvalue weighted by atomic mass is 10.2. The lowest BCUT2D eigenvalue weighted by Crippen LogP contribution is -2.21. The summed E-state index contributed by atoms with van der Waals surface area (Å²) in [6, 6.07) is 37.7. The smallest absolute Gasteiger partial charge is 0.337 e. The Morgan fingerprint density at radius 1 is 0.464 bits per heavy atom. The summed E-state index contributed by atoms with van der Waals surface area (Å²) in [7, 11) is 5.38. The van der Waals surface area contributed by atoms with E-state index < -0.39 is 5.97 Å². The Kier molecular flexibility index (Phi) is 24.1. The van der Waals surface area contributed by atoms with E-state index in [1.807, 2.05) is 79.8 Å². The molecule has 0 saturated carbocycles. The van der Waals surface area contributed by atoms with Crippen LogP contribution < -0.4 is 30.6 Å². The predicted octanol–water partition coefficient (Wildman–Crippen LogP) is 11.4. The number of benzene rings is 3. The molecule has 2 aliphatic rings. The fraction of sp³-hybridized carbons (Fsp3) is 0.232. The van der Waals surface area contributed by atoms with E-state index >= 15 is 0 Å². The van der Waals surface area contributed by atoms with Crippen LogP contribution in [0.1, 0.15) is 114 Å². The monoisotopic (exact) mass is 1730 g/mol. The van der Waals surface area contributed by atoms with Crippen molar-refractivity contribution in [3.8, 4) is 52.2 Å². The number of carbonyl (C=O) groups excluding carboxylic acids is 2. The van der Waals surface area contributed by atoms with E-state index in [9.17, 15) is 19.5 Å². The number of nitrogens with two attached hydrogens (primary N) is 1. The van der Waals surface area contributed by atoms with E-state index in [0.717, 1.165) is 70.8 Å². The highest BCUT2D eigenvalue weighted by Crippen LogP contribution is 2.34. The maximum absolute atomic E-state index is 12.6. The van der Waals surface area contributed by atoms with E-state index in [0.29, 0.717) is 145 Å². The van der Waals surface area contributed by atoms with Gasteiger partial charge in [-0.15, -0.1) is 58.3 Å². The minimum Gasteiger partial charge on any atom is -0.478 e. The average molecular weight is 1730 g/mol.